The fraction of sp³-hybridized carbons (Fsp3) is 0.250. The van der Waals surface area contributed by atoms with Gasteiger partial charge in [0.05, 0.1) is 12.1 Å². The number of amides is 2. The van der Waals surface area contributed by atoms with E-state index in [1.807, 2.05) is 19.1 Å². The summed E-state index contributed by atoms with van der Waals surface area (Å²) in [5.41, 5.74) is 3.09. The number of carboxylic acid groups (broad SMARTS) is 1. The van der Waals surface area contributed by atoms with Gasteiger partial charge in [-0.25, -0.2) is 4.79 Å². The monoisotopic (exact) mass is 582 g/mol. The number of benzene rings is 3. The zero-order valence-corrected chi connectivity index (χ0v) is 23.6. The number of phenols is 1. The lowest BCUT2D eigenvalue weighted by atomic mass is 9.88. The molecule has 0 aromatic heterocycles. The summed E-state index contributed by atoms with van der Waals surface area (Å²) in [4.78, 5) is 25.7. The van der Waals surface area contributed by atoms with Gasteiger partial charge in [-0.15, -0.1) is 0 Å². The summed E-state index contributed by atoms with van der Waals surface area (Å²) in [6.07, 6.45) is -2.27. The van der Waals surface area contributed by atoms with Gasteiger partial charge in [0, 0.05) is 26.7 Å². The standard InChI is InChI=1S/C32H33F3N2O5/c1-4-28(22-7-13-25(14-8-22)32(33,34)35)30(23-9-15-26(38)16-10-23)24-11-17-27(18-12-24)42-21-20-37(31(40)41)19-5-6-29(39)36(2)3/h5-18,38H,4,19-21H2,1-3H3,(H,40,41)/b6-5+,30-28-. The molecule has 0 bridgehead atoms. The lowest BCUT2D eigenvalue weighted by Gasteiger charge is -2.19. The van der Waals surface area contributed by atoms with Crippen LogP contribution in [0.15, 0.2) is 84.9 Å². The van der Waals surface area contributed by atoms with Crippen molar-refractivity contribution in [3.8, 4) is 11.5 Å². The fourth-order valence-corrected chi connectivity index (χ4v) is 4.22. The molecule has 2 amide bonds. The number of alkyl halides is 3. The number of allylic oxidation sites excluding steroid dienone is 1. The molecule has 42 heavy (non-hydrogen) atoms. The molecule has 0 aliphatic rings. The van der Waals surface area contributed by atoms with Gasteiger partial charge in [-0.2, -0.15) is 13.2 Å². The van der Waals surface area contributed by atoms with Crippen LogP contribution < -0.4 is 4.74 Å². The van der Waals surface area contributed by atoms with E-state index in [-0.39, 0.29) is 31.4 Å². The third-order valence-corrected chi connectivity index (χ3v) is 6.44. The van der Waals surface area contributed by atoms with Crippen LogP contribution in [0.25, 0.3) is 11.1 Å². The molecule has 222 valence electrons. The third kappa shape index (κ3) is 8.63. The Morgan fingerprint density at radius 3 is 1.93 bits per heavy atom. The van der Waals surface area contributed by atoms with Crippen molar-refractivity contribution in [2.75, 3.05) is 33.8 Å². The molecule has 0 aliphatic heterocycles. The lowest BCUT2D eigenvalue weighted by Crippen LogP contribution is -2.33. The minimum atomic E-state index is -4.44. The molecule has 3 aromatic carbocycles. The Balaban J connectivity index is 1.83. The number of ether oxygens (including phenoxy) is 1. The molecule has 0 radical (unpaired) electrons. The van der Waals surface area contributed by atoms with Crippen LogP contribution in [0.2, 0.25) is 0 Å². The zero-order valence-electron chi connectivity index (χ0n) is 23.6. The summed E-state index contributed by atoms with van der Waals surface area (Å²) in [7, 11) is 3.20. The molecule has 3 rings (SSSR count). The van der Waals surface area contributed by atoms with Crippen LogP contribution in [-0.4, -0.2) is 65.8 Å². The second-order valence-electron chi connectivity index (χ2n) is 9.57. The van der Waals surface area contributed by atoms with Gasteiger partial charge in [-0.1, -0.05) is 49.4 Å². The molecule has 0 unspecified atom stereocenters. The Labute approximate surface area is 242 Å². The molecule has 10 heteroatoms. The number of carbonyl (C=O) groups excluding carboxylic acids is 1. The van der Waals surface area contributed by atoms with Gasteiger partial charge in [0.15, 0.2) is 0 Å². The molecule has 2 N–H and O–H groups in total. The van der Waals surface area contributed by atoms with Crippen molar-refractivity contribution >= 4 is 23.1 Å². The van der Waals surface area contributed by atoms with E-state index in [2.05, 4.69) is 0 Å². The van der Waals surface area contributed by atoms with E-state index in [1.54, 1.807) is 50.5 Å². The highest BCUT2D eigenvalue weighted by atomic mass is 19.4. The number of likely N-dealkylation sites (N-methyl/N-ethyl adjacent to an activating group) is 1. The van der Waals surface area contributed by atoms with Crippen LogP contribution in [0.4, 0.5) is 18.0 Å². The van der Waals surface area contributed by atoms with E-state index in [1.165, 1.54) is 29.2 Å². The molecule has 0 heterocycles. The van der Waals surface area contributed by atoms with Crippen LogP contribution >= 0.6 is 0 Å². The normalized spacial score (nSPS) is 12.1. The quantitative estimate of drug-likeness (QED) is 0.192. The van der Waals surface area contributed by atoms with Crippen LogP contribution in [0.1, 0.15) is 35.6 Å². The zero-order chi connectivity index (χ0) is 30.9. The van der Waals surface area contributed by atoms with Gasteiger partial charge >= 0.3 is 12.3 Å². The van der Waals surface area contributed by atoms with Gasteiger partial charge in [-0.3, -0.25) is 4.79 Å². The van der Waals surface area contributed by atoms with E-state index in [0.29, 0.717) is 17.7 Å². The Bertz CT molecular complexity index is 1410. The van der Waals surface area contributed by atoms with Crippen LogP contribution in [0, 0.1) is 0 Å². The summed E-state index contributed by atoms with van der Waals surface area (Å²) in [6.45, 7) is 2.10. The lowest BCUT2D eigenvalue weighted by molar-refractivity contribution is -0.137. The minimum absolute atomic E-state index is 0.0295. The molecular weight excluding hydrogens is 549 g/mol. The first kappa shape index (κ1) is 31.8. The topological polar surface area (TPSA) is 90.3 Å². The van der Waals surface area contributed by atoms with Crippen molar-refractivity contribution < 1.29 is 37.7 Å². The average Bonchev–Trinajstić information content (AvgIpc) is 2.95. The predicted molar refractivity (Wildman–Crippen MR) is 155 cm³/mol. The van der Waals surface area contributed by atoms with E-state index in [0.717, 1.165) is 39.3 Å². The summed E-state index contributed by atoms with van der Waals surface area (Å²) in [6, 6.07) is 18.7. The van der Waals surface area contributed by atoms with Crippen molar-refractivity contribution in [2.24, 2.45) is 0 Å². The molecular formula is C32H33F3N2O5. The van der Waals surface area contributed by atoms with Gasteiger partial charge in [0.1, 0.15) is 18.1 Å². The predicted octanol–water partition coefficient (Wildman–Crippen LogP) is 6.78. The molecule has 0 spiro atoms. The first-order valence-corrected chi connectivity index (χ1v) is 13.2. The first-order valence-electron chi connectivity index (χ1n) is 13.2. The molecule has 0 aliphatic carbocycles. The molecule has 3 aromatic rings. The van der Waals surface area contributed by atoms with Crippen LogP contribution in [0.3, 0.4) is 0 Å². The Morgan fingerprint density at radius 2 is 1.43 bits per heavy atom. The summed E-state index contributed by atoms with van der Waals surface area (Å²) < 4.78 is 45.2. The number of hydrogen-bond donors (Lipinski definition) is 2. The second-order valence-corrected chi connectivity index (χ2v) is 9.57. The summed E-state index contributed by atoms with van der Waals surface area (Å²) in [5, 5.41) is 19.3. The van der Waals surface area contributed by atoms with Crippen LogP contribution in [0.5, 0.6) is 11.5 Å². The van der Waals surface area contributed by atoms with Crippen molar-refractivity contribution in [3.63, 3.8) is 0 Å². The number of phenolic OH excluding ortho intramolecular Hbond substituents is 1. The van der Waals surface area contributed by atoms with Crippen molar-refractivity contribution in [1.82, 2.24) is 9.80 Å². The number of hydrogen-bond acceptors (Lipinski definition) is 4. The Hall–Kier alpha value is -4.73. The molecule has 0 fully saturated rings. The molecule has 0 saturated carbocycles. The highest BCUT2D eigenvalue weighted by molar-refractivity contribution is 5.98. The number of carbonyl (C=O) groups is 2. The van der Waals surface area contributed by atoms with E-state index < -0.39 is 17.8 Å². The smallest absolute Gasteiger partial charge is 0.416 e. The SMILES string of the molecule is CC/C(=C(\c1ccc(O)cc1)c1ccc(OCCN(C/C=C/C(=O)N(C)C)C(=O)O)cc1)c1ccc(C(F)(F)F)cc1. The highest BCUT2D eigenvalue weighted by Crippen LogP contribution is 2.37. The fourth-order valence-electron chi connectivity index (χ4n) is 4.22. The molecule has 0 atom stereocenters. The van der Waals surface area contributed by atoms with Crippen molar-refractivity contribution in [2.45, 2.75) is 19.5 Å². The number of nitrogens with zero attached hydrogens (tertiary/aromatic N) is 2. The van der Waals surface area contributed by atoms with Gasteiger partial charge in [0.2, 0.25) is 5.91 Å². The molecule has 7 nitrogen and oxygen atoms in total. The number of rotatable bonds is 11. The first-order chi connectivity index (χ1) is 19.9. The van der Waals surface area contributed by atoms with Crippen LogP contribution in [-0.2, 0) is 11.0 Å². The summed E-state index contributed by atoms with van der Waals surface area (Å²) >= 11 is 0. The molecule has 0 saturated heterocycles. The van der Waals surface area contributed by atoms with Crippen molar-refractivity contribution in [1.29, 1.82) is 0 Å². The Morgan fingerprint density at radius 1 is 0.881 bits per heavy atom. The minimum Gasteiger partial charge on any atom is -0.508 e. The van der Waals surface area contributed by atoms with E-state index in [9.17, 15) is 33.0 Å². The van der Waals surface area contributed by atoms with E-state index >= 15 is 0 Å². The maximum absolute atomic E-state index is 13.2. The Kier molecular flexibility index (Phi) is 10.8. The van der Waals surface area contributed by atoms with Crippen molar-refractivity contribution in [3.05, 3.63) is 107 Å². The average molecular weight is 583 g/mol. The maximum Gasteiger partial charge on any atom is 0.416 e. The highest BCUT2D eigenvalue weighted by Gasteiger charge is 2.30. The third-order valence-electron chi connectivity index (χ3n) is 6.44. The number of aromatic hydroxyl groups is 1. The van der Waals surface area contributed by atoms with Gasteiger partial charge in [-0.05, 0) is 70.7 Å². The number of halogens is 3. The van der Waals surface area contributed by atoms with Gasteiger partial charge in [0.25, 0.3) is 0 Å². The maximum atomic E-state index is 13.2. The van der Waals surface area contributed by atoms with E-state index in [4.69, 9.17) is 4.74 Å². The second kappa shape index (κ2) is 14.2. The summed E-state index contributed by atoms with van der Waals surface area (Å²) in [5.74, 6) is 0.339. The largest absolute Gasteiger partial charge is 0.508 e. The van der Waals surface area contributed by atoms with Gasteiger partial charge < -0.3 is 24.7 Å².